The topological polar surface area (TPSA) is 49.5 Å². The second kappa shape index (κ2) is 8.19. The van der Waals surface area contributed by atoms with Gasteiger partial charge in [-0.3, -0.25) is 4.90 Å². The van der Waals surface area contributed by atoms with Gasteiger partial charge in [-0.2, -0.15) is 0 Å². The summed E-state index contributed by atoms with van der Waals surface area (Å²) in [4.78, 5) is 2.18. The minimum Gasteiger partial charge on any atom is -0.395 e. The number of aliphatic hydroxyl groups excluding tert-OH is 1. The molecule has 0 saturated carbocycles. The van der Waals surface area contributed by atoms with Crippen LogP contribution in [0.3, 0.4) is 0 Å². The second-order valence-corrected chi connectivity index (χ2v) is 4.48. The van der Waals surface area contributed by atoms with Gasteiger partial charge in [-0.15, -0.1) is 0 Å². The van der Waals surface area contributed by atoms with Crippen LogP contribution in [0.5, 0.6) is 0 Å². The third-order valence-corrected chi connectivity index (χ3v) is 2.98. The number of halogens is 1. The number of hydrogen-bond acceptors (Lipinski definition) is 3. The zero-order valence-corrected chi connectivity index (χ0v) is 11.0. The minimum atomic E-state index is -0.247. The quantitative estimate of drug-likeness (QED) is 0.744. The van der Waals surface area contributed by atoms with Gasteiger partial charge in [0.05, 0.1) is 6.61 Å². The summed E-state index contributed by atoms with van der Waals surface area (Å²) in [7, 11) is 0. The molecule has 1 aromatic carbocycles. The molecule has 3 N–H and O–H groups in total. The van der Waals surface area contributed by atoms with Crippen molar-refractivity contribution in [1.82, 2.24) is 4.90 Å². The van der Waals surface area contributed by atoms with Crippen molar-refractivity contribution >= 4 is 0 Å². The van der Waals surface area contributed by atoms with Crippen LogP contribution in [0, 0.1) is 5.82 Å². The van der Waals surface area contributed by atoms with Gasteiger partial charge in [-0.1, -0.05) is 25.5 Å². The van der Waals surface area contributed by atoms with Crippen LogP contribution in [0.25, 0.3) is 0 Å². The molecule has 18 heavy (non-hydrogen) atoms. The first-order valence-electron chi connectivity index (χ1n) is 6.51. The Hall–Kier alpha value is -0.970. The Labute approximate surface area is 108 Å². The average Bonchev–Trinajstić information content (AvgIpc) is 2.38. The lowest BCUT2D eigenvalue weighted by Gasteiger charge is -2.21. The van der Waals surface area contributed by atoms with Gasteiger partial charge in [-0.25, -0.2) is 4.39 Å². The van der Waals surface area contributed by atoms with E-state index in [1.807, 2.05) is 6.07 Å². The SMILES string of the molecule is CCCCN(CCO)Cc1ccc(F)c(CN)c1. The van der Waals surface area contributed by atoms with Gasteiger partial charge < -0.3 is 10.8 Å². The number of hydrogen-bond donors (Lipinski definition) is 2. The molecule has 1 rings (SSSR count). The van der Waals surface area contributed by atoms with Gasteiger partial charge in [-0.05, 0) is 24.6 Å². The van der Waals surface area contributed by atoms with Gasteiger partial charge in [0, 0.05) is 25.2 Å². The summed E-state index contributed by atoms with van der Waals surface area (Å²) >= 11 is 0. The monoisotopic (exact) mass is 254 g/mol. The molecular formula is C14H23FN2O. The van der Waals surface area contributed by atoms with Crippen LogP contribution in [0.4, 0.5) is 4.39 Å². The lowest BCUT2D eigenvalue weighted by molar-refractivity contribution is 0.188. The zero-order valence-electron chi connectivity index (χ0n) is 11.0. The molecule has 0 heterocycles. The molecule has 0 unspecified atom stereocenters. The first-order chi connectivity index (χ1) is 8.71. The third kappa shape index (κ3) is 4.72. The summed E-state index contributed by atoms with van der Waals surface area (Å²) in [5, 5.41) is 9.04. The third-order valence-electron chi connectivity index (χ3n) is 2.98. The van der Waals surface area contributed by atoms with Crippen LogP contribution in [-0.2, 0) is 13.1 Å². The van der Waals surface area contributed by atoms with Gasteiger partial charge >= 0.3 is 0 Å². The molecule has 0 saturated heterocycles. The number of nitrogens with two attached hydrogens (primary N) is 1. The Balaban J connectivity index is 2.67. The Morgan fingerprint density at radius 2 is 2.11 bits per heavy atom. The molecule has 0 bridgehead atoms. The van der Waals surface area contributed by atoms with Crippen molar-refractivity contribution in [3.05, 3.63) is 35.1 Å². The molecule has 3 nitrogen and oxygen atoms in total. The van der Waals surface area contributed by atoms with E-state index in [4.69, 9.17) is 10.8 Å². The summed E-state index contributed by atoms with van der Waals surface area (Å²) in [5.74, 6) is -0.247. The van der Waals surface area contributed by atoms with Crippen molar-refractivity contribution in [2.24, 2.45) is 5.73 Å². The van der Waals surface area contributed by atoms with E-state index < -0.39 is 0 Å². The minimum absolute atomic E-state index is 0.147. The molecule has 1 aromatic rings. The molecule has 0 atom stereocenters. The van der Waals surface area contributed by atoms with E-state index in [0.29, 0.717) is 12.1 Å². The maximum absolute atomic E-state index is 13.3. The van der Waals surface area contributed by atoms with E-state index >= 15 is 0 Å². The van der Waals surface area contributed by atoms with E-state index in [2.05, 4.69) is 11.8 Å². The number of unbranched alkanes of at least 4 members (excludes halogenated alkanes) is 1. The highest BCUT2D eigenvalue weighted by Crippen LogP contribution is 2.12. The predicted octanol–water partition coefficient (Wildman–Crippen LogP) is 1.88. The van der Waals surface area contributed by atoms with Crippen molar-refractivity contribution in [1.29, 1.82) is 0 Å². The molecule has 0 aliphatic rings. The maximum Gasteiger partial charge on any atom is 0.127 e. The largest absolute Gasteiger partial charge is 0.395 e. The van der Waals surface area contributed by atoms with Crippen molar-refractivity contribution in [2.45, 2.75) is 32.9 Å². The van der Waals surface area contributed by atoms with Gasteiger partial charge in [0.15, 0.2) is 0 Å². The number of aliphatic hydroxyl groups is 1. The number of nitrogens with zero attached hydrogens (tertiary/aromatic N) is 1. The van der Waals surface area contributed by atoms with Crippen LogP contribution in [0.15, 0.2) is 18.2 Å². The van der Waals surface area contributed by atoms with Crippen molar-refractivity contribution < 1.29 is 9.50 Å². The molecule has 0 fully saturated rings. The van der Waals surface area contributed by atoms with E-state index in [0.717, 1.165) is 31.5 Å². The zero-order chi connectivity index (χ0) is 13.4. The molecule has 0 aliphatic carbocycles. The highest BCUT2D eigenvalue weighted by Gasteiger charge is 2.07. The number of rotatable bonds is 8. The summed E-state index contributed by atoms with van der Waals surface area (Å²) < 4.78 is 13.3. The summed E-state index contributed by atoms with van der Waals surface area (Å²) in [6.45, 7) is 4.83. The fourth-order valence-electron chi connectivity index (χ4n) is 1.93. The predicted molar refractivity (Wildman–Crippen MR) is 71.6 cm³/mol. The van der Waals surface area contributed by atoms with Crippen LogP contribution in [-0.4, -0.2) is 29.7 Å². The summed E-state index contributed by atoms with van der Waals surface area (Å²) in [6.07, 6.45) is 2.23. The smallest absolute Gasteiger partial charge is 0.127 e. The van der Waals surface area contributed by atoms with E-state index in [1.165, 1.54) is 6.07 Å². The van der Waals surface area contributed by atoms with Gasteiger partial charge in [0.1, 0.15) is 5.82 Å². The molecule has 0 radical (unpaired) electrons. The van der Waals surface area contributed by atoms with E-state index in [-0.39, 0.29) is 19.0 Å². The second-order valence-electron chi connectivity index (χ2n) is 4.48. The maximum atomic E-state index is 13.3. The van der Waals surface area contributed by atoms with Gasteiger partial charge in [0.2, 0.25) is 0 Å². The van der Waals surface area contributed by atoms with Crippen LogP contribution >= 0.6 is 0 Å². The first-order valence-corrected chi connectivity index (χ1v) is 6.51. The van der Waals surface area contributed by atoms with Crippen LogP contribution in [0.1, 0.15) is 30.9 Å². The van der Waals surface area contributed by atoms with Crippen molar-refractivity contribution in [2.75, 3.05) is 19.7 Å². The average molecular weight is 254 g/mol. The first kappa shape index (κ1) is 15.1. The molecule has 0 aliphatic heterocycles. The molecule has 4 heteroatoms. The Morgan fingerprint density at radius 3 is 2.72 bits per heavy atom. The molecule has 102 valence electrons. The summed E-state index contributed by atoms with van der Waals surface area (Å²) in [5.41, 5.74) is 7.09. The summed E-state index contributed by atoms with van der Waals surface area (Å²) in [6, 6.07) is 5.06. The molecule has 0 aromatic heterocycles. The normalized spacial score (nSPS) is 11.2. The molecule has 0 spiro atoms. The van der Waals surface area contributed by atoms with E-state index in [9.17, 15) is 4.39 Å². The molecule has 0 amide bonds. The number of benzene rings is 1. The molecular weight excluding hydrogens is 231 g/mol. The van der Waals surface area contributed by atoms with E-state index in [1.54, 1.807) is 6.07 Å². The van der Waals surface area contributed by atoms with Crippen LogP contribution < -0.4 is 5.73 Å². The fourth-order valence-corrected chi connectivity index (χ4v) is 1.93. The Morgan fingerprint density at radius 1 is 1.33 bits per heavy atom. The van der Waals surface area contributed by atoms with Gasteiger partial charge in [0.25, 0.3) is 0 Å². The standard InChI is InChI=1S/C14H23FN2O/c1-2-3-6-17(7-8-18)11-12-4-5-14(15)13(9-12)10-16/h4-5,9,18H,2-3,6-8,10-11,16H2,1H3. The highest BCUT2D eigenvalue weighted by molar-refractivity contribution is 5.25. The lowest BCUT2D eigenvalue weighted by Crippen LogP contribution is -2.27. The lowest BCUT2D eigenvalue weighted by atomic mass is 10.1. The fraction of sp³-hybridized carbons (Fsp3) is 0.571. The van der Waals surface area contributed by atoms with Crippen LogP contribution in [0.2, 0.25) is 0 Å². The van der Waals surface area contributed by atoms with Crippen molar-refractivity contribution in [3.63, 3.8) is 0 Å². The Bertz CT molecular complexity index is 358. The Kier molecular flexibility index (Phi) is 6.86. The highest BCUT2D eigenvalue weighted by atomic mass is 19.1. The van der Waals surface area contributed by atoms with Crippen molar-refractivity contribution in [3.8, 4) is 0 Å².